The summed E-state index contributed by atoms with van der Waals surface area (Å²) in [5.41, 5.74) is 9.81. The molecule has 0 spiro atoms. The van der Waals surface area contributed by atoms with E-state index in [1.807, 2.05) is 42.5 Å². The van der Waals surface area contributed by atoms with Gasteiger partial charge in [-0.2, -0.15) is 5.26 Å². The van der Waals surface area contributed by atoms with Gasteiger partial charge in [0.15, 0.2) is 0 Å². The van der Waals surface area contributed by atoms with Crippen molar-refractivity contribution in [3.8, 4) is 22.9 Å². The molecule has 2 N–H and O–H groups in total. The Hall–Kier alpha value is -2.31. The number of nitrogens with two attached hydrogens (primary N) is 1. The predicted molar refractivity (Wildman–Crippen MR) is 78.5 cm³/mol. The zero-order valence-electron chi connectivity index (χ0n) is 11.3. The van der Waals surface area contributed by atoms with Gasteiger partial charge in [0.2, 0.25) is 0 Å². The number of nitrogens with zero attached hydrogens (tertiary/aromatic N) is 1. The van der Waals surface area contributed by atoms with E-state index in [0.29, 0.717) is 5.56 Å². The first-order valence-corrected chi connectivity index (χ1v) is 6.68. The Bertz CT molecular complexity index is 673. The molecular formula is C17H16N2O. The monoisotopic (exact) mass is 264 g/mol. The third-order valence-corrected chi connectivity index (χ3v) is 3.82. The maximum Gasteiger partial charge on any atom is 0.127 e. The smallest absolute Gasteiger partial charge is 0.127 e. The van der Waals surface area contributed by atoms with Gasteiger partial charge in [0.25, 0.3) is 0 Å². The molecule has 3 nitrogen and oxygen atoms in total. The van der Waals surface area contributed by atoms with Crippen LogP contribution in [-0.4, -0.2) is 13.2 Å². The number of hydrogen-bond donors (Lipinski definition) is 1. The van der Waals surface area contributed by atoms with Crippen LogP contribution < -0.4 is 10.5 Å². The van der Waals surface area contributed by atoms with E-state index in [-0.39, 0.29) is 12.0 Å². The summed E-state index contributed by atoms with van der Waals surface area (Å²) >= 11 is 0. The summed E-state index contributed by atoms with van der Waals surface area (Å²) in [6, 6.07) is 16.2. The van der Waals surface area contributed by atoms with Crippen molar-refractivity contribution >= 4 is 0 Å². The topological polar surface area (TPSA) is 59.0 Å². The van der Waals surface area contributed by atoms with E-state index in [9.17, 15) is 5.26 Å². The minimum Gasteiger partial charge on any atom is -0.496 e. The van der Waals surface area contributed by atoms with Crippen molar-refractivity contribution in [1.82, 2.24) is 0 Å². The van der Waals surface area contributed by atoms with Crippen LogP contribution in [0.3, 0.4) is 0 Å². The lowest BCUT2D eigenvalue weighted by Gasteiger charge is -2.15. The maximum atomic E-state index is 9.38. The molecule has 100 valence electrons. The highest BCUT2D eigenvalue weighted by Gasteiger charge is 2.39. The van der Waals surface area contributed by atoms with Gasteiger partial charge in [-0.1, -0.05) is 30.3 Å². The minimum absolute atomic E-state index is 0.150. The van der Waals surface area contributed by atoms with E-state index >= 15 is 0 Å². The SMILES string of the molecule is COc1ccc(C#N)c([C@@H]2C[C@H]2N)c1-c1ccccc1. The number of methoxy groups -OCH3 is 1. The molecule has 0 unspecified atom stereocenters. The number of nitriles is 1. The summed E-state index contributed by atoms with van der Waals surface area (Å²) in [6.45, 7) is 0. The number of rotatable bonds is 3. The molecule has 20 heavy (non-hydrogen) atoms. The molecule has 1 aliphatic carbocycles. The predicted octanol–water partition coefficient (Wildman–Crippen LogP) is 3.05. The van der Waals surface area contributed by atoms with Crippen LogP contribution in [0.4, 0.5) is 0 Å². The van der Waals surface area contributed by atoms with Crippen LogP contribution in [0.2, 0.25) is 0 Å². The largest absolute Gasteiger partial charge is 0.496 e. The van der Waals surface area contributed by atoms with E-state index in [1.54, 1.807) is 7.11 Å². The summed E-state index contributed by atoms with van der Waals surface area (Å²) in [5.74, 6) is 1.05. The second-order valence-electron chi connectivity index (χ2n) is 5.09. The third-order valence-electron chi connectivity index (χ3n) is 3.82. The molecule has 0 radical (unpaired) electrons. The van der Waals surface area contributed by atoms with Crippen LogP contribution in [0.25, 0.3) is 11.1 Å². The quantitative estimate of drug-likeness (QED) is 0.926. The van der Waals surface area contributed by atoms with Gasteiger partial charge in [-0.3, -0.25) is 0 Å². The van der Waals surface area contributed by atoms with Gasteiger partial charge in [0.05, 0.1) is 18.7 Å². The molecule has 0 saturated heterocycles. The molecule has 0 heterocycles. The Morgan fingerprint density at radius 2 is 1.90 bits per heavy atom. The summed E-state index contributed by atoms with van der Waals surface area (Å²) in [4.78, 5) is 0. The number of benzene rings is 2. The van der Waals surface area contributed by atoms with Gasteiger partial charge >= 0.3 is 0 Å². The molecule has 2 aromatic rings. The fourth-order valence-electron chi connectivity index (χ4n) is 2.70. The fourth-order valence-corrected chi connectivity index (χ4v) is 2.70. The van der Waals surface area contributed by atoms with Crippen LogP contribution in [0.5, 0.6) is 5.75 Å². The molecule has 0 bridgehead atoms. The zero-order chi connectivity index (χ0) is 14.1. The van der Waals surface area contributed by atoms with Crippen LogP contribution in [-0.2, 0) is 0 Å². The first-order valence-electron chi connectivity index (χ1n) is 6.68. The average Bonchev–Trinajstić information content (AvgIpc) is 3.23. The van der Waals surface area contributed by atoms with E-state index in [1.165, 1.54) is 0 Å². The second-order valence-corrected chi connectivity index (χ2v) is 5.09. The molecular weight excluding hydrogens is 248 g/mol. The standard InChI is InChI=1S/C17H16N2O/c1-20-15-8-7-12(10-18)16(13-9-14(13)19)17(15)11-5-3-2-4-6-11/h2-8,13-14H,9,19H2,1H3/t13-,14-/m1/s1. The lowest BCUT2D eigenvalue weighted by atomic mass is 9.91. The lowest BCUT2D eigenvalue weighted by molar-refractivity contribution is 0.416. The average molecular weight is 264 g/mol. The summed E-state index contributed by atoms with van der Waals surface area (Å²) < 4.78 is 5.50. The van der Waals surface area contributed by atoms with Gasteiger partial charge in [-0.25, -0.2) is 0 Å². The van der Waals surface area contributed by atoms with Crippen LogP contribution in [0, 0.1) is 11.3 Å². The van der Waals surface area contributed by atoms with Crippen LogP contribution >= 0.6 is 0 Å². The first kappa shape index (κ1) is 12.7. The van der Waals surface area contributed by atoms with E-state index in [2.05, 4.69) is 6.07 Å². The summed E-state index contributed by atoms with van der Waals surface area (Å²) in [6.07, 6.45) is 0.932. The molecule has 0 aliphatic heterocycles. The molecule has 3 rings (SSSR count). The van der Waals surface area contributed by atoms with Crippen molar-refractivity contribution in [2.75, 3.05) is 7.11 Å². The van der Waals surface area contributed by atoms with Crippen molar-refractivity contribution in [3.63, 3.8) is 0 Å². The fraction of sp³-hybridized carbons (Fsp3) is 0.235. The van der Waals surface area contributed by atoms with E-state index in [4.69, 9.17) is 10.5 Å². The molecule has 0 amide bonds. The van der Waals surface area contributed by atoms with Crippen molar-refractivity contribution in [2.45, 2.75) is 18.4 Å². The van der Waals surface area contributed by atoms with Gasteiger partial charge in [-0.05, 0) is 29.7 Å². The highest BCUT2D eigenvalue weighted by atomic mass is 16.5. The first-order chi connectivity index (χ1) is 9.76. The highest BCUT2D eigenvalue weighted by molar-refractivity contribution is 5.78. The molecule has 3 heteroatoms. The Kier molecular flexibility index (Phi) is 3.17. The summed E-state index contributed by atoms with van der Waals surface area (Å²) in [7, 11) is 1.66. The van der Waals surface area contributed by atoms with Crippen molar-refractivity contribution < 1.29 is 4.74 Å². The normalized spacial score (nSPS) is 20.2. The zero-order valence-corrected chi connectivity index (χ0v) is 11.3. The Morgan fingerprint density at radius 3 is 2.45 bits per heavy atom. The van der Waals surface area contributed by atoms with Gasteiger partial charge in [-0.15, -0.1) is 0 Å². The van der Waals surface area contributed by atoms with Crippen molar-refractivity contribution in [2.24, 2.45) is 5.73 Å². The Morgan fingerprint density at radius 1 is 1.20 bits per heavy atom. The molecule has 2 aromatic carbocycles. The third kappa shape index (κ3) is 2.04. The molecule has 1 fully saturated rings. The molecule has 2 atom stereocenters. The number of hydrogen-bond acceptors (Lipinski definition) is 3. The maximum absolute atomic E-state index is 9.38. The van der Waals surface area contributed by atoms with Crippen molar-refractivity contribution in [1.29, 1.82) is 5.26 Å². The van der Waals surface area contributed by atoms with Gasteiger partial charge < -0.3 is 10.5 Å². The summed E-state index contributed by atoms with van der Waals surface area (Å²) in [5, 5.41) is 9.38. The molecule has 1 aliphatic rings. The molecule has 0 aromatic heterocycles. The second kappa shape index (κ2) is 4.99. The van der Waals surface area contributed by atoms with E-state index < -0.39 is 0 Å². The minimum atomic E-state index is 0.150. The van der Waals surface area contributed by atoms with E-state index in [0.717, 1.165) is 28.9 Å². The number of ether oxygens (including phenoxy) is 1. The van der Waals surface area contributed by atoms with Gasteiger partial charge in [0, 0.05) is 17.5 Å². The van der Waals surface area contributed by atoms with Gasteiger partial charge in [0.1, 0.15) is 5.75 Å². The van der Waals surface area contributed by atoms with Crippen LogP contribution in [0.1, 0.15) is 23.5 Å². The lowest BCUT2D eigenvalue weighted by Crippen LogP contribution is -2.04. The highest BCUT2D eigenvalue weighted by Crippen LogP contribution is 2.48. The Labute approximate surface area is 118 Å². The molecule has 1 saturated carbocycles. The van der Waals surface area contributed by atoms with Crippen molar-refractivity contribution in [3.05, 3.63) is 53.6 Å². The van der Waals surface area contributed by atoms with Crippen LogP contribution in [0.15, 0.2) is 42.5 Å². The Balaban J connectivity index is 2.27.